The van der Waals surface area contributed by atoms with Crippen LogP contribution in [0.5, 0.6) is 0 Å². The fourth-order valence-corrected chi connectivity index (χ4v) is 1.90. The number of thiophene rings is 1. The maximum atomic E-state index is 11.5. The van der Waals surface area contributed by atoms with Crippen LogP contribution >= 0.6 is 11.3 Å². The average molecular weight is 238 g/mol. The highest BCUT2D eigenvalue weighted by Crippen LogP contribution is 2.16. The van der Waals surface area contributed by atoms with E-state index in [0.29, 0.717) is 16.6 Å². The Morgan fingerprint density at radius 2 is 2.31 bits per heavy atom. The van der Waals surface area contributed by atoms with Crippen LogP contribution in [-0.4, -0.2) is 16.1 Å². The number of ether oxygens (including phenoxy) is 1. The van der Waals surface area contributed by atoms with Crippen molar-refractivity contribution in [1.29, 1.82) is 0 Å². The molecular formula is C10H10N2O3S. The zero-order valence-corrected chi connectivity index (χ0v) is 9.71. The predicted molar refractivity (Wildman–Crippen MR) is 57.2 cm³/mol. The number of aryl methyl sites for hydroxylation is 2. The normalized spacial score (nSPS) is 10.4. The highest BCUT2D eigenvalue weighted by molar-refractivity contribution is 7.13. The number of hydrogen-bond acceptors (Lipinski definition) is 6. The van der Waals surface area contributed by atoms with Crippen LogP contribution in [0.2, 0.25) is 0 Å². The van der Waals surface area contributed by atoms with E-state index >= 15 is 0 Å². The van der Waals surface area contributed by atoms with E-state index in [0.717, 1.165) is 4.88 Å². The number of nitrogens with zero attached hydrogens (tertiary/aromatic N) is 2. The van der Waals surface area contributed by atoms with E-state index in [2.05, 4.69) is 10.1 Å². The van der Waals surface area contributed by atoms with Crippen LogP contribution in [0.25, 0.3) is 0 Å². The molecule has 0 unspecified atom stereocenters. The summed E-state index contributed by atoms with van der Waals surface area (Å²) in [6, 6.07) is 3.61. The Hall–Kier alpha value is -1.69. The first-order valence-corrected chi connectivity index (χ1v) is 5.49. The molecule has 0 saturated carbocycles. The summed E-state index contributed by atoms with van der Waals surface area (Å²) >= 11 is 1.40. The van der Waals surface area contributed by atoms with Gasteiger partial charge >= 0.3 is 5.97 Å². The average Bonchev–Trinajstić information content (AvgIpc) is 2.84. The highest BCUT2D eigenvalue weighted by Gasteiger charge is 2.11. The van der Waals surface area contributed by atoms with Crippen molar-refractivity contribution < 1.29 is 14.1 Å². The van der Waals surface area contributed by atoms with Gasteiger partial charge in [-0.1, -0.05) is 5.16 Å². The number of esters is 1. The molecule has 0 saturated heterocycles. The number of hydrogen-bond donors (Lipinski definition) is 0. The fourth-order valence-electron chi connectivity index (χ4n) is 1.14. The van der Waals surface area contributed by atoms with Crippen molar-refractivity contribution >= 4 is 17.3 Å². The minimum atomic E-state index is -0.367. The molecule has 84 valence electrons. The minimum Gasteiger partial charge on any atom is -0.451 e. The van der Waals surface area contributed by atoms with Gasteiger partial charge in [0.1, 0.15) is 4.88 Å². The molecule has 0 radical (unpaired) electrons. The quantitative estimate of drug-likeness (QED) is 0.766. The van der Waals surface area contributed by atoms with Crippen molar-refractivity contribution in [2.75, 3.05) is 0 Å². The second-order valence-electron chi connectivity index (χ2n) is 3.22. The van der Waals surface area contributed by atoms with Crippen molar-refractivity contribution in [3.63, 3.8) is 0 Å². The third-order valence-corrected chi connectivity index (χ3v) is 2.82. The third-order valence-electron chi connectivity index (χ3n) is 1.84. The first-order chi connectivity index (χ1) is 7.65. The van der Waals surface area contributed by atoms with Crippen LogP contribution in [0.4, 0.5) is 0 Å². The molecule has 0 aliphatic heterocycles. The monoisotopic (exact) mass is 238 g/mol. The Labute approximate surface area is 96.0 Å². The Morgan fingerprint density at radius 3 is 2.88 bits per heavy atom. The molecule has 2 heterocycles. The summed E-state index contributed by atoms with van der Waals surface area (Å²) < 4.78 is 9.84. The van der Waals surface area contributed by atoms with Crippen molar-refractivity contribution in [2.24, 2.45) is 0 Å². The van der Waals surface area contributed by atoms with Crippen LogP contribution in [0, 0.1) is 13.8 Å². The maximum Gasteiger partial charge on any atom is 0.348 e. The fraction of sp³-hybridized carbons (Fsp3) is 0.300. The second kappa shape index (κ2) is 4.44. The molecule has 5 nitrogen and oxygen atoms in total. The zero-order valence-electron chi connectivity index (χ0n) is 8.89. The summed E-state index contributed by atoms with van der Waals surface area (Å²) in [6.45, 7) is 3.65. The summed E-state index contributed by atoms with van der Waals surface area (Å²) in [7, 11) is 0. The van der Waals surface area contributed by atoms with Crippen LogP contribution in [0.3, 0.4) is 0 Å². The van der Waals surface area contributed by atoms with E-state index in [1.165, 1.54) is 11.3 Å². The summed E-state index contributed by atoms with van der Waals surface area (Å²) in [5, 5.41) is 3.60. The molecule has 0 amide bonds. The highest BCUT2D eigenvalue weighted by atomic mass is 32.1. The molecular weight excluding hydrogens is 228 g/mol. The van der Waals surface area contributed by atoms with Gasteiger partial charge in [0.15, 0.2) is 12.4 Å². The van der Waals surface area contributed by atoms with Crippen molar-refractivity contribution in [2.45, 2.75) is 20.5 Å². The Bertz CT molecular complexity index is 504. The van der Waals surface area contributed by atoms with Crippen LogP contribution in [0.1, 0.15) is 26.3 Å². The molecule has 0 N–H and O–H groups in total. The number of aromatic nitrogens is 2. The van der Waals surface area contributed by atoms with Crippen molar-refractivity contribution in [3.05, 3.63) is 33.6 Å². The molecule has 0 spiro atoms. The topological polar surface area (TPSA) is 65.2 Å². The molecule has 6 heteroatoms. The first-order valence-electron chi connectivity index (χ1n) is 4.68. The molecule has 16 heavy (non-hydrogen) atoms. The van der Waals surface area contributed by atoms with Gasteiger partial charge in [0.05, 0.1) is 0 Å². The minimum absolute atomic E-state index is 0.0105. The first kappa shape index (κ1) is 10.8. The number of rotatable bonds is 3. The lowest BCUT2D eigenvalue weighted by molar-refractivity contribution is 0.0435. The molecule has 0 aliphatic carbocycles. The van der Waals surface area contributed by atoms with Gasteiger partial charge in [-0.15, -0.1) is 11.3 Å². The lowest BCUT2D eigenvalue weighted by atomic mass is 10.4. The molecule has 0 fully saturated rings. The van der Waals surface area contributed by atoms with Gasteiger partial charge in [0.2, 0.25) is 0 Å². The lowest BCUT2D eigenvalue weighted by Gasteiger charge is -1.98. The summed E-state index contributed by atoms with van der Waals surface area (Å²) in [5.74, 6) is 0.464. The van der Waals surface area contributed by atoms with Crippen molar-refractivity contribution in [3.8, 4) is 0 Å². The van der Waals surface area contributed by atoms with Gasteiger partial charge < -0.3 is 9.26 Å². The summed E-state index contributed by atoms with van der Waals surface area (Å²) in [4.78, 5) is 17.1. The standard InChI is InChI=1S/C10H10N2O3S/c1-6-3-4-8(16-6)10(13)14-5-9-11-7(2)12-15-9/h3-4H,5H2,1-2H3. The molecule has 2 rings (SSSR count). The summed E-state index contributed by atoms with van der Waals surface area (Å²) in [6.07, 6.45) is 0. The molecule has 0 aliphatic rings. The van der Waals surface area contributed by atoms with Crippen LogP contribution < -0.4 is 0 Å². The van der Waals surface area contributed by atoms with Gasteiger partial charge in [0, 0.05) is 4.88 Å². The molecule has 0 atom stereocenters. The molecule has 0 bridgehead atoms. The number of carbonyl (C=O) groups excluding carboxylic acids is 1. The smallest absolute Gasteiger partial charge is 0.348 e. The maximum absolute atomic E-state index is 11.5. The summed E-state index contributed by atoms with van der Waals surface area (Å²) in [5.41, 5.74) is 0. The molecule has 0 aromatic carbocycles. The number of carbonyl (C=O) groups is 1. The Kier molecular flexibility index (Phi) is 3.00. The Balaban J connectivity index is 1.93. The van der Waals surface area contributed by atoms with Crippen LogP contribution in [-0.2, 0) is 11.3 Å². The Morgan fingerprint density at radius 1 is 1.50 bits per heavy atom. The van der Waals surface area contributed by atoms with Crippen LogP contribution in [0.15, 0.2) is 16.7 Å². The van der Waals surface area contributed by atoms with E-state index < -0.39 is 0 Å². The van der Waals surface area contributed by atoms with Crippen molar-refractivity contribution in [1.82, 2.24) is 10.1 Å². The van der Waals surface area contributed by atoms with Gasteiger partial charge in [0.25, 0.3) is 5.89 Å². The van der Waals surface area contributed by atoms with Gasteiger partial charge in [-0.3, -0.25) is 0 Å². The molecule has 2 aromatic heterocycles. The van der Waals surface area contributed by atoms with E-state index in [1.54, 1.807) is 13.0 Å². The van der Waals surface area contributed by atoms with Gasteiger partial charge in [-0.05, 0) is 26.0 Å². The lowest BCUT2D eigenvalue weighted by Crippen LogP contribution is -2.03. The van der Waals surface area contributed by atoms with E-state index in [1.807, 2.05) is 13.0 Å². The zero-order chi connectivity index (χ0) is 11.5. The van der Waals surface area contributed by atoms with E-state index in [9.17, 15) is 4.79 Å². The van der Waals surface area contributed by atoms with Gasteiger partial charge in [-0.25, -0.2) is 4.79 Å². The SMILES string of the molecule is Cc1noc(COC(=O)c2ccc(C)s2)n1. The molecule has 2 aromatic rings. The van der Waals surface area contributed by atoms with Gasteiger partial charge in [-0.2, -0.15) is 4.98 Å². The van der Waals surface area contributed by atoms with E-state index in [-0.39, 0.29) is 12.6 Å². The van der Waals surface area contributed by atoms with E-state index in [4.69, 9.17) is 9.26 Å². The predicted octanol–water partition coefficient (Wildman–Crippen LogP) is 2.10. The largest absolute Gasteiger partial charge is 0.451 e. The second-order valence-corrected chi connectivity index (χ2v) is 4.51. The third kappa shape index (κ3) is 2.46.